The van der Waals surface area contributed by atoms with Crippen molar-refractivity contribution >= 4 is 50.7 Å². The van der Waals surface area contributed by atoms with Crippen LogP contribution in [0.15, 0.2) is 27.8 Å². The summed E-state index contributed by atoms with van der Waals surface area (Å²) in [5.74, 6) is -0.154. The lowest BCUT2D eigenvalue weighted by atomic mass is 9.97. The number of carbonyl (C=O) groups excluding carboxylic acids is 1. The van der Waals surface area contributed by atoms with Gasteiger partial charge in [0.2, 0.25) is 5.91 Å². The second kappa shape index (κ2) is 8.81. The van der Waals surface area contributed by atoms with Gasteiger partial charge in [0.1, 0.15) is 11.4 Å². The molecule has 1 aliphatic carbocycles. The standard InChI is InChI=1S/C22H23Cl2N3O3S/c1-3-25(4-2)18(28)12-26-21-19(14-7-5-6-8-17(14)31-21)20(29)27(22(26)30)13-9-10-15(23)16(24)11-13/h9-11H,3-8,12H2,1-2H3. The fraction of sp³-hybridized carbons (Fsp3) is 0.409. The second-order valence-electron chi connectivity index (χ2n) is 7.56. The van der Waals surface area contributed by atoms with E-state index in [1.807, 2.05) is 13.8 Å². The minimum absolute atomic E-state index is 0.113. The quantitative estimate of drug-likeness (QED) is 0.548. The van der Waals surface area contributed by atoms with Crippen LogP contribution >= 0.6 is 34.5 Å². The summed E-state index contributed by atoms with van der Waals surface area (Å²) < 4.78 is 2.56. The Morgan fingerprint density at radius 2 is 1.81 bits per heavy atom. The molecular weight excluding hydrogens is 457 g/mol. The number of benzene rings is 1. The summed E-state index contributed by atoms with van der Waals surface area (Å²) in [7, 11) is 0. The average Bonchev–Trinajstić information content (AvgIpc) is 3.14. The van der Waals surface area contributed by atoms with Crippen LogP contribution in [-0.2, 0) is 24.2 Å². The van der Waals surface area contributed by atoms with Crippen molar-refractivity contribution in [1.82, 2.24) is 14.0 Å². The molecular formula is C22H23Cl2N3O3S. The van der Waals surface area contributed by atoms with Crippen molar-refractivity contribution < 1.29 is 4.79 Å². The van der Waals surface area contributed by atoms with Crippen molar-refractivity contribution in [2.45, 2.75) is 46.1 Å². The maximum absolute atomic E-state index is 13.5. The van der Waals surface area contributed by atoms with Gasteiger partial charge < -0.3 is 4.90 Å². The molecule has 0 N–H and O–H groups in total. The van der Waals surface area contributed by atoms with Crippen molar-refractivity contribution in [3.8, 4) is 5.69 Å². The Labute approximate surface area is 193 Å². The molecule has 0 spiro atoms. The molecule has 0 saturated heterocycles. The van der Waals surface area contributed by atoms with Crippen LogP contribution in [0.1, 0.15) is 37.1 Å². The summed E-state index contributed by atoms with van der Waals surface area (Å²) in [5.41, 5.74) is 0.430. The van der Waals surface area contributed by atoms with Gasteiger partial charge in [0.05, 0.1) is 21.1 Å². The van der Waals surface area contributed by atoms with Gasteiger partial charge in [-0.3, -0.25) is 14.2 Å². The topological polar surface area (TPSA) is 64.3 Å². The molecule has 164 valence electrons. The lowest BCUT2D eigenvalue weighted by Crippen LogP contribution is -2.42. The van der Waals surface area contributed by atoms with Gasteiger partial charge in [-0.05, 0) is 63.3 Å². The third kappa shape index (κ3) is 3.83. The minimum Gasteiger partial charge on any atom is -0.342 e. The van der Waals surface area contributed by atoms with Crippen LogP contribution in [0.4, 0.5) is 0 Å². The van der Waals surface area contributed by atoms with Crippen LogP contribution < -0.4 is 11.2 Å². The highest BCUT2D eigenvalue weighted by atomic mass is 35.5. The summed E-state index contributed by atoms with van der Waals surface area (Å²) in [6.45, 7) is 4.81. The van der Waals surface area contributed by atoms with Crippen molar-refractivity contribution in [2.75, 3.05) is 13.1 Å². The molecule has 1 aliphatic rings. The van der Waals surface area contributed by atoms with E-state index in [-0.39, 0.29) is 23.0 Å². The van der Waals surface area contributed by atoms with E-state index in [0.717, 1.165) is 40.7 Å². The second-order valence-corrected chi connectivity index (χ2v) is 9.46. The first kappa shape index (κ1) is 22.1. The number of amides is 1. The molecule has 2 aromatic heterocycles. The predicted molar refractivity (Wildman–Crippen MR) is 126 cm³/mol. The molecule has 9 heteroatoms. The van der Waals surface area contributed by atoms with E-state index in [1.54, 1.807) is 17.0 Å². The third-order valence-corrected chi connectivity index (χ3v) is 7.86. The average molecular weight is 480 g/mol. The smallest absolute Gasteiger partial charge is 0.337 e. The monoisotopic (exact) mass is 479 g/mol. The zero-order valence-electron chi connectivity index (χ0n) is 17.4. The summed E-state index contributed by atoms with van der Waals surface area (Å²) in [5, 5.41) is 1.13. The molecule has 31 heavy (non-hydrogen) atoms. The van der Waals surface area contributed by atoms with E-state index in [9.17, 15) is 14.4 Å². The fourth-order valence-corrected chi connectivity index (χ4v) is 5.84. The summed E-state index contributed by atoms with van der Waals surface area (Å²) >= 11 is 13.7. The number of hydrogen-bond donors (Lipinski definition) is 0. The molecule has 0 radical (unpaired) electrons. The molecule has 1 aromatic carbocycles. The van der Waals surface area contributed by atoms with Gasteiger partial charge in [0, 0.05) is 18.0 Å². The van der Waals surface area contributed by atoms with E-state index in [4.69, 9.17) is 23.2 Å². The molecule has 3 aromatic rings. The SMILES string of the molecule is CCN(CC)C(=O)Cn1c(=O)n(-c2ccc(Cl)c(Cl)c2)c(=O)c2c3c(sc21)CCCC3. The van der Waals surface area contributed by atoms with Gasteiger partial charge >= 0.3 is 5.69 Å². The Bertz CT molecular complexity index is 1290. The normalized spacial score (nSPS) is 13.4. The highest BCUT2D eigenvalue weighted by Gasteiger charge is 2.25. The molecule has 0 atom stereocenters. The largest absolute Gasteiger partial charge is 0.342 e. The number of likely N-dealkylation sites (N-methyl/N-ethyl adjacent to an activating group) is 1. The van der Waals surface area contributed by atoms with Crippen molar-refractivity contribution in [2.24, 2.45) is 0 Å². The Morgan fingerprint density at radius 1 is 1.10 bits per heavy atom. The van der Waals surface area contributed by atoms with Crippen LogP contribution in [0.2, 0.25) is 10.0 Å². The van der Waals surface area contributed by atoms with E-state index in [1.165, 1.54) is 22.0 Å². The van der Waals surface area contributed by atoms with Gasteiger partial charge in [-0.2, -0.15) is 0 Å². The first-order valence-corrected chi connectivity index (χ1v) is 12.0. The number of hydrogen-bond acceptors (Lipinski definition) is 4. The Kier molecular flexibility index (Phi) is 6.28. The van der Waals surface area contributed by atoms with Crippen LogP contribution in [0, 0.1) is 0 Å². The number of halogens is 2. The zero-order chi connectivity index (χ0) is 22.3. The van der Waals surface area contributed by atoms with Crippen LogP contribution in [0.5, 0.6) is 0 Å². The van der Waals surface area contributed by atoms with Gasteiger partial charge in [-0.15, -0.1) is 11.3 Å². The Hall–Kier alpha value is -2.09. The molecule has 4 rings (SSSR count). The van der Waals surface area contributed by atoms with Crippen LogP contribution in [0.3, 0.4) is 0 Å². The predicted octanol–water partition coefficient (Wildman–Crippen LogP) is 4.27. The van der Waals surface area contributed by atoms with Crippen LogP contribution in [0.25, 0.3) is 15.9 Å². The molecule has 0 bridgehead atoms. The lowest BCUT2D eigenvalue weighted by Gasteiger charge is -2.20. The summed E-state index contributed by atoms with van der Waals surface area (Å²) in [6.07, 6.45) is 3.75. The number of rotatable bonds is 5. The highest BCUT2D eigenvalue weighted by molar-refractivity contribution is 7.18. The first-order chi connectivity index (χ1) is 14.9. The number of fused-ring (bicyclic) bond motifs is 3. The minimum atomic E-state index is -0.546. The zero-order valence-corrected chi connectivity index (χ0v) is 19.7. The van der Waals surface area contributed by atoms with Crippen molar-refractivity contribution in [3.05, 3.63) is 59.5 Å². The number of carbonyl (C=O) groups is 1. The highest BCUT2D eigenvalue weighted by Crippen LogP contribution is 2.34. The Morgan fingerprint density at radius 3 is 2.48 bits per heavy atom. The number of aromatic nitrogens is 2. The maximum atomic E-state index is 13.5. The third-order valence-electron chi connectivity index (χ3n) is 5.81. The molecule has 1 amide bonds. The number of thiophene rings is 1. The molecule has 0 unspecified atom stereocenters. The van der Waals surface area contributed by atoms with Gasteiger partial charge in [-0.1, -0.05) is 23.2 Å². The van der Waals surface area contributed by atoms with Gasteiger partial charge in [0.15, 0.2) is 0 Å². The van der Waals surface area contributed by atoms with Gasteiger partial charge in [0.25, 0.3) is 5.56 Å². The van der Waals surface area contributed by atoms with E-state index < -0.39 is 5.69 Å². The number of aryl methyl sites for hydroxylation is 2. The maximum Gasteiger partial charge on any atom is 0.337 e. The fourth-order valence-electron chi connectivity index (χ4n) is 4.17. The molecule has 0 aliphatic heterocycles. The molecule has 6 nitrogen and oxygen atoms in total. The lowest BCUT2D eigenvalue weighted by molar-refractivity contribution is -0.131. The van der Waals surface area contributed by atoms with Crippen LogP contribution in [-0.4, -0.2) is 33.0 Å². The number of nitrogens with zero attached hydrogens (tertiary/aromatic N) is 3. The van der Waals surface area contributed by atoms with E-state index >= 15 is 0 Å². The van der Waals surface area contributed by atoms with Crippen molar-refractivity contribution in [3.63, 3.8) is 0 Å². The van der Waals surface area contributed by atoms with E-state index in [2.05, 4.69) is 0 Å². The van der Waals surface area contributed by atoms with Crippen molar-refractivity contribution in [1.29, 1.82) is 0 Å². The molecule has 0 fully saturated rings. The molecule has 0 saturated carbocycles. The van der Waals surface area contributed by atoms with Gasteiger partial charge in [-0.25, -0.2) is 9.36 Å². The first-order valence-electron chi connectivity index (χ1n) is 10.4. The summed E-state index contributed by atoms with van der Waals surface area (Å²) in [4.78, 5) is 43.4. The summed E-state index contributed by atoms with van der Waals surface area (Å²) in [6, 6.07) is 4.66. The Balaban J connectivity index is 2.02. The van der Waals surface area contributed by atoms with E-state index in [0.29, 0.717) is 34.0 Å². The molecule has 2 heterocycles.